The first kappa shape index (κ1) is 17.2. The molecular formula is C21H18N2OS. The zero-order valence-corrected chi connectivity index (χ0v) is 15.3. The first-order chi connectivity index (χ1) is 12.0. The molecule has 1 heterocycles. The number of carbonyl (C=O) groups is 1. The maximum atomic E-state index is 12.4. The molecule has 2 aromatic carbocycles. The van der Waals surface area contributed by atoms with Crippen LogP contribution in [0.15, 0.2) is 47.5 Å². The van der Waals surface area contributed by atoms with Crippen LogP contribution in [0, 0.1) is 32.1 Å². The van der Waals surface area contributed by atoms with E-state index in [1.54, 1.807) is 0 Å². The van der Waals surface area contributed by atoms with Gasteiger partial charge in [0.1, 0.15) is 11.1 Å². The van der Waals surface area contributed by atoms with Crippen molar-refractivity contribution >= 4 is 28.4 Å². The van der Waals surface area contributed by atoms with Crippen LogP contribution in [0.1, 0.15) is 32.6 Å². The van der Waals surface area contributed by atoms with Gasteiger partial charge in [0.25, 0.3) is 0 Å². The Morgan fingerprint density at radius 1 is 1.08 bits per heavy atom. The topological polar surface area (TPSA) is 53.8 Å². The zero-order chi connectivity index (χ0) is 18.0. The highest BCUT2D eigenvalue weighted by Gasteiger charge is 2.12. The number of hydrogen-bond donors (Lipinski definition) is 0. The second kappa shape index (κ2) is 7.08. The third-order valence-corrected chi connectivity index (χ3v) is 5.22. The van der Waals surface area contributed by atoms with Crippen LogP contribution in [0.25, 0.3) is 10.9 Å². The van der Waals surface area contributed by atoms with E-state index in [2.05, 4.69) is 11.1 Å². The summed E-state index contributed by atoms with van der Waals surface area (Å²) in [4.78, 5) is 17.0. The minimum absolute atomic E-state index is 0.0378. The number of aryl methyl sites for hydroxylation is 3. The number of nitrogens with zero attached hydrogens (tertiary/aromatic N) is 2. The molecule has 0 fully saturated rings. The summed E-state index contributed by atoms with van der Waals surface area (Å²) in [5.74, 6) is 0.303. The minimum Gasteiger partial charge on any atom is -0.293 e. The first-order valence-corrected chi connectivity index (χ1v) is 9.01. The van der Waals surface area contributed by atoms with Gasteiger partial charge in [-0.3, -0.25) is 4.79 Å². The van der Waals surface area contributed by atoms with Gasteiger partial charge in [-0.2, -0.15) is 5.26 Å². The number of pyridine rings is 1. The second-order valence-corrected chi connectivity index (χ2v) is 7.12. The van der Waals surface area contributed by atoms with E-state index < -0.39 is 0 Å². The maximum absolute atomic E-state index is 12.4. The number of Topliss-reactive ketones (excluding diaryl/α,β-unsaturated/α-hetero) is 1. The Hall–Kier alpha value is -2.64. The molecule has 1 aromatic heterocycles. The van der Waals surface area contributed by atoms with E-state index in [9.17, 15) is 10.1 Å². The first-order valence-electron chi connectivity index (χ1n) is 8.02. The van der Waals surface area contributed by atoms with E-state index in [0.717, 1.165) is 22.0 Å². The van der Waals surface area contributed by atoms with Crippen LogP contribution in [0.3, 0.4) is 0 Å². The summed E-state index contributed by atoms with van der Waals surface area (Å²) >= 11 is 1.32. The average molecular weight is 346 g/mol. The highest BCUT2D eigenvalue weighted by atomic mass is 32.2. The average Bonchev–Trinajstić information content (AvgIpc) is 2.60. The van der Waals surface area contributed by atoms with Crippen molar-refractivity contribution in [3.63, 3.8) is 0 Å². The summed E-state index contributed by atoms with van der Waals surface area (Å²) in [6.45, 7) is 6.08. The molecule has 0 aliphatic carbocycles. The molecule has 124 valence electrons. The lowest BCUT2D eigenvalue weighted by atomic mass is 10.1. The van der Waals surface area contributed by atoms with Gasteiger partial charge in [0.05, 0.1) is 16.8 Å². The standard InChI is InChI=1S/C21H18N2OS/c1-13-4-6-16(7-5-13)20(24)12-25-21-18(11-22)10-17-8-14(2)15(3)9-19(17)23-21/h4-10H,12H2,1-3H3. The third-order valence-electron chi connectivity index (χ3n) is 4.23. The van der Waals surface area contributed by atoms with Crippen molar-refractivity contribution in [2.24, 2.45) is 0 Å². The Balaban J connectivity index is 1.87. The molecule has 4 heteroatoms. The van der Waals surface area contributed by atoms with Gasteiger partial charge >= 0.3 is 0 Å². The van der Waals surface area contributed by atoms with Gasteiger partial charge in [-0.25, -0.2) is 4.98 Å². The lowest BCUT2D eigenvalue weighted by molar-refractivity contribution is 0.102. The molecule has 0 amide bonds. The number of thioether (sulfide) groups is 1. The summed E-state index contributed by atoms with van der Waals surface area (Å²) in [7, 11) is 0. The lowest BCUT2D eigenvalue weighted by Gasteiger charge is -2.08. The van der Waals surface area contributed by atoms with Gasteiger partial charge in [-0.15, -0.1) is 0 Å². The molecule has 0 spiro atoms. The number of rotatable bonds is 4. The Morgan fingerprint density at radius 2 is 1.76 bits per heavy atom. The molecule has 0 saturated carbocycles. The number of carbonyl (C=O) groups excluding carboxylic acids is 1. The van der Waals surface area contributed by atoms with Gasteiger partial charge < -0.3 is 0 Å². The molecular weight excluding hydrogens is 328 g/mol. The number of hydrogen-bond acceptors (Lipinski definition) is 4. The van der Waals surface area contributed by atoms with Gasteiger partial charge in [-0.1, -0.05) is 41.6 Å². The summed E-state index contributed by atoms with van der Waals surface area (Å²) in [6, 6.07) is 15.7. The predicted octanol–water partition coefficient (Wildman–Crippen LogP) is 5.01. The molecule has 0 atom stereocenters. The quantitative estimate of drug-likeness (QED) is 0.492. The Bertz CT molecular complexity index is 1000. The van der Waals surface area contributed by atoms with Crippen molar-refractivity contribution in [2.45, 2.75) is 25.8 Å². The van der Waals surface area contributed by atoms with Crippen molar-refractivity contribution < 1.29 is 4.79 Å². The molecule has 0 bridgehead atoms. The molecule has 0 saturated heterocycles. The largest absolute Gasteiger partial charge is 0.293 e. The lowest BCUT2D eigenvalue weighted by Crippen LogP contribution is -2.03. The summed E-state index contributed by atoms with van der Waals surface area (Å²) < 4.78 is 0. The van der Waals surface area contributed by atoms with Crippen LogP contribution in [0.2, 0.25) is 0 Å². The van der Waals surface area contributed by atoms with Crippen LogP contribution in [0.4, 0.5) is 0 Å². The number of fused-ring (bicyclic) bond motifs is 1. The fourth-order valence-corrected chi connectivity index (χ4v) is 3.43. The van der Waals surface area contributed by atoms with Crippen molar-refractivity contribution in [1.82, 2.24) is 4.98 Å². The van der Waals surface area contributed by atoms with E-state index in [0.29, 0.717) is 16.2 Å². The number of benzene rings is 2. The summed E-state index contributed by atoms with van der Waals surface area (Å²) in [5.41, 5.74) is 5.51. The SMILES string of the molecule is Cc1ccc(C(=O)CSc2nc3cc(C)c(C)cc3cc2C#N)cc1. The van der Waals surface area contributed by atoms with Gasteiger partial charge in [0.15, 0.2) is 5.78 Å². The van der Waals surface area contributed by atoms with Crippen molar-refractivity contribution in [3.8, 4) is 6.07 Å². The van der Waals surface area contributed by atoms with E-state index in [-0.39, 0.29) is 11.5 Å². The smallest absolute Gasteiger partial charge is 0.173 e. The second-order valence-electron chi connectivity index (χ2n) is 6.16. The van der Waals surface area contributed by atoms with Crippen LogP contribution >= 0.6 is 11.8 Å². The van der Waals surface area contributed by atoms with Crippen LogP contribution < -0.4 is 0 Å². The summed E-state index contributed by atoms with van der Waals surface area (Å²) in [6.07, 6.45) is 0. The van der Waals surface area contributed by atoms with Gasteiger partial charge in [0, 0.05) is 10.9 Å². The number of ketones is 1. The zero-order valence-electron chi connectivity index (χ0n) is 14.5. The Morgan fingerprint density at radius 3 is 2.44 bits per heavy atom. The monoisotopic (exact) mass is 346 g/mol. The Labute approximate surface area is 151 Å². The molecule has 3 nitrogen and oxygen atoms in total. The van der Waals surface area contributed by atoms with Gasteiger partial charge in [-0.05, 0) is 50.1 Å². The molecule has 3 rings (SSSR count). The molecule has 0 aliphatic heterocycles. The van der Waals surface area contributed by atoms with Gasteiger partial charge in [0.2, 0.25) is 0 Å². The molecule has 3 aromatic rings. The van der Waals surface area contributed by atoms with Crippen LogP contribution in [0.5, 0.6) is 0 Å². The maximum Gasteiger partial charge on any atom is 0.173 e. The van der Waals surface area contributed by atoms with Crippen molar-refractivity contribution in [1.29, 1.82) is 5.26 Å². The molecule has 0 aliphatic rings. The normalized spacial score (nSPS) is 10.6. The fraction of sp³-hybridized carbons (Fsp3) is 0.190. The van der Waals surface area contributed by atoms with Crippen LogP contribution in [-0.2, 0) is 0 Å². The summed E-state index contributed by atoms with van der Waals surface area (Å²) in [5, 5.41) is 11.0. The van der Waals surface area contributed by atoms with E-state index in [4.69, 9.17) is 0 Å². The molecule has 0 N–H and O–H groups in total. The number of aromatic nitrogens is 1. The van der Waals surface area contributed by atoms with E-state index in [1.807, 2.05) is 63.2 Å². The van der Waals surface area contributed by atoms with Crippen molar-refractivity contribution in [3.05, 3.63) is 70.3 Å². The Kier molecular flexibility index (Phi) is 4.87. The van der Waals surface area contributed by atoms with Crippen molar-refractivity contribution in [2.75, 3.05) is 5.75 Å². The van der Waals surface area contributed by atoms with E-state index >= 15 is 0 Å². The minimum atomic E-state index is 0.0378. The highest BCUT2D eigenvalue weighted by Crippen LogP contribution is 2.27. The predicted molar refractivity (Wildman–Crippen MR) is 102 cm³/mol. The van der Waals surface area contributed by atoms with E-state index in [1.165, 1.54) is 17.3 Å². The number of nitriles is 1. The molecule has 0 radical (unpaired) electrons. The molecule has 0 unspecified atom stereocenters. The van der Waals surface area contributed by atoms with Crippen LogP contribution in [-0.4, -0.2) is 16.5 Å². The highest BCUT2D eigenvalue weighted by molar-refractivity contribution is 8.00. The fourth-order valence-electron chi connectivity index (χ4n) is 2.57. The third kappa shape index (κ3) is 3.72. The molecule has 25 heavy (non-hydrogen) atoms.